The Bertz CT molecular complexity index is 736. The van der Waals surface area contributed by atoms with Crippen molar-refractivity contribution in [1.29, 1.82) is 0 Å². The van der Waals surface area contributed by atoms with Gasteiger partial charge < -0.3 is 9.73 Å². The minimum Gasteiger partial charge on any atom is -0.424 e. The molecule has 0 aliphatic rings. The summed E-state index contributed by atoms with van der Waals surface area (Å²) in [5.74, 6) is 0. The molecule has 0 fully saturated rings. The molecule has 102 valence electrons. The smallest absolute Gasteiger partial charge is 0.295 e. The minimum atomic E-state index is -0.447. The zero-order valence-electron chi connectivity index (χ0n) is 10.4. The lowest BCUT2D eigenvalue weighted by Crippen LogP contribution is -2.04. The summed E-state index contributed by atoms with van der Waals surface area (Å²) in [5, 5.41) is 17.9. The lowest BCUT2D eigenvalue weighted by molar-refractivity contribution is -0.384. The molecule has 3 aromatic rings. The molecule has 2 aromatic heterocycles. The van der Waals surface area contributed by atoms with Gasteiger partial charge >= 0.3 is 0 Å². The molecule has 0 aliphatic heterocycles. The number of hydrogen-bond donors (Lipinski definition) is 1. The van der Waals surface area contributed by atoms with Crippen molar-refractivity contribution >= 4 is 34.1 Å². The van der Waals surface area contributed by atoms with Gasteiger partial charge in [0.15, 0.2) is 5.58 Å². The largest absolute Gasteiger partial charge is 0.424 e. The molecular formula is C13H11N3O3S. The van der Waals surface area contributed by atoms with Crippen LogP contribution >= 0.6 is 11.3 Å². The highest BCUT2D eigenvalue weighted by molar-refractivity contribution is 7.07. The van der Waals surface area contributed by atoms with Crippen molar-refractivity contribution in [3.05, 3.63) is 50.7 Å². The number of thiophene rings is 1. The zero-order chi connectivity index (χ0) is 13.9. The first-order valence-electron chi connectivity index (χ1n) is 6.02. The van der Waals surface area contributed by atoms with Crippen LogP contribution in [-0.4, -0.2) is 16.5 Å². The van der Waals surface area contributed by atoms with E-state index < -0.39 is 4.92 Å². The summed E-state index contributed by atoms with van der Waals surface area (Å²) in [6, 6.07) is 6.83. The van der Waals surface area contributed by atoms with E-state index in [1.54, 1.807) is 17.4 Å². The predicted molar refractivity (Wildman–Crippen MR) is 77.2 cm³/mol. The lowest BCUT2D eigenvalue weighted by atomic mass is 10.2. The molecule has 0 unspecified atom stereocenters. The highest BCUT2D eigenvalue weighted by atomic mass is 32.1. The number of benzene rings is 1. The van der Waals surface area contributed by atoms with Crippen LogP contribution in [-0.2, 0) is 6.42 Å². The average molecular weight is 289 g/mol. The van der Waals surface area contributed by atoms with Crippen molar-refractivity contribution < 1.29 is 9.34 Å². The van der Waals surface area contributed by atoms with Crippen LogP contribution in [0.25, 0.3) is 11.1 Å². The van der Waals surface area contributed by atoms with Gasteiger partial charge in [0.2, 0.25) is 0 Å². The molecule has 0 saturated heterocycles. The van der Waals surface area contributed by atoms with Gasteiger partial charge in [0.1, 0.15) is 5.52 Å². The van der Waals surface area contributed by atoms with E-state index in [-0.39, 0.29) is 5.69 Å². The molecule has 0 atom stereocenters. The Labute approximate surface area is 118 Å². The SMILES string of the molecule is O=[N+]([O-])c1ccc2oc(NCCc3ccsc3)nc2c1. The summed E-state index contributed by atoms with van der Waals surface area (Å²) >= 11 is 1.66. The van der Waals surface area contributed by atoms with Crippen molar-refractivity contribution in [1.82, 2.24) is 4.98 Å². The second-order valence-corrected chi connectivity index (χ2v) is 5.02. The molecular weight excluding hydrogens is 278 g/mol. The van der Waals surface area contributed by atoms with E-state index in [1.807, 2.05) is 5.38 Å². The Hall–Kier alpha value is -2.41. The van der Waals surface area contributed by atoms with Crippen LogP contribution in [0.3, 0.4) is 0 Å². The highest BCUT2D eigenvalue weighted by Gasteiger charge is 2.11. The van der Waals surface area contributed by atoms with Crippen molar-refractivity contribution in [2.45, 2.75) is 6.42 Å². The van der Waals surface area contributed by atoms with Crippen molar-refractivity contribution in [2.75, 3.05) is 11.9 Å². The molecule has 3 rings (SSSR count). The van der Waals surface area contributed by atoms with E-state index in [0.29, 0.717) is 23.7 Å². The molecule has 0 aliphatic carbocycles. The monoisotopic (exact) mass is 289 g/mol. The predicted octanol–water partition coefficient (Wildman–Crippen LogP) is 3.45. The Morgan fingerprint density at radius 1 is 1.40 bits per heavy atom. The van der Waals surface area contributed by atoms with Crippen LogP contribution in [0.1, 0.15) is 5.56 Å². The molecule has 7 heteroatoms. The first-order valence-corrected chi connectivity index (χ1v) is 6.96. The van der Waals surface area contributed by atoms with Gasteiger partial charge in [-0.15, -0.1) is 0 Å². The van der Waals surface area contributed by atoms with Crippen molar-refractivity contribution in [3.8, 4) is 0 Å². The van der Waals surface area contributed by atoms with E-state index >= 15 is 0 Å². The summed E-state index contributed by atoms with van der Waals surface area (Å²) in [7, 11) is 0. The van der Waals surface area contributed by atoms with Gasteiger partial charge in [-0.3, -0.25) is 10.1 Å². The van der Waals surface area contributed by atoms with Gasteiger partial charge in [0.05, 0.1) is 4.92 Å². The Morgan fingerprint density at radius 3 is 3.05 bits per heavy atom. The van der Waals surface area contributed by atoms with Crippen molar-refractivity contribution in [2.24, 2.45) is 0 Å². The fraction of sp³-hybridized carbons (Fsp3) is 0.154. The van der Waals surface area contributed by atoms with Crippen LogP contribution < -0.4 is 5.32 Å². The molecule has 0 saturated carbocycles. The minimum absolute atomic E-state index is 0.00984. The van der Waals surface area contributed by atoms with E-state index in [2.05, 4.69) is 21.7 Å². The molecule has 0 bridgehead atoms. The number of anilines is 1. The number of nitro groups is 1. The summed E-state index contributed by atoms with van der Waals surface area (Å²) in [5.41, 5.74) is 2.29. The summed E-state index contributed by atoms with van der Waals surface area (Å²) in [4.78, 5) is 14.4. The molecule has 0 spiro atoms. The van der Waals surface area contributed by atoms with Crippen LogP contribution in [0.15, 0.2) is 39.4 Å². The number of oxazole rings is 1. The lowest BCUT2D eigenvalue weighted by Gasteiger charge is -1.98. The average Bonchev–Trinajstić information content (AvgIpc) is 3.06. The topological polar surface area (TPSA) is 81.2 Å². The first kappa shape index (κ1) is 12.6. The summed E-state index contributed by atoms with van der Waals surface area (Å²) in [6.45, 7) is 0.700. The Morgan fingerprint density at radius 2 is 2.30 bits per heavy atom. The number of fused-ring (bicyclic) bond motifs is 1. The maximum atomic E-state index is 10.7. The third-order valence-corrected chi connectivity index (χ3v) is 3.58. The number of non-ortho nitro benzene ring substituents is 1. The van der Waals surface area contributed by atoms with Gasteiger partial charge in [-0.2, -0.15) is 16.3 Å². The van der Waals surface area contributed by atoms with Crippen LogP contribution in [0.5, 0.6) is 0 Å². The molecule has 2 heterocycles. The maximum Gasteiger partial charge on any atom is 0.295 e. The van der Waals surface area contributed by atoms with Crippen molar-refractivity contribution in [3.63, 3.8) is 0 Å². The second kappa shape index (κ2) is 5.30. The second-order valence-electron chi connectivity index (χ2n) is 4.24. The number of hydrogen-bond acceptors (Lipinski definition) is 6. The Balaban J connectivity index is 1.70. The summed E-state index contributed by atoms with van der Waals surface area (Å²) < 4.78 is 5.48. The number of nitrogens with zero attached hydrogens (tertiary/aromatic N) is 2. The fourth-order valence-corrected chi connectivity index (χ4v) is 2.56. The fourth-order valence-electron chi connectivity index (χ4n) is 1.85. The third-order valence-electron chi connectivity index (χ3n) is 2.85. The van der Waals surface area contributed by atoms with E-state index in [0.717, 1.165) is 6.42 Å². The molecule has 20 heavy (non-hydrogen) atoms. The number of aromatic nitrogens is 1. The summed E-state index contributed by atoms with van der Waals surface area (Å²) in [6.07, 6.45) is 0.877. The normalized spacial score (nSPS) is 10.8. The van der Waals surface area contributed by atoms with Gasteiger partial charge in [-0.05, 0) is 34.9 Å². The molecule has 6 nitrogen and oxygen atoms in total. The quantitative estimate of drug-likeness (QED) is 0.574. The van der Waals surface area contributed by atoms with E-state index in [1.165, 1.54) is 17.7 Å². The molecule has 1 aromatic carbocycles. The Kier molecular flexibility index (Phi) is 3.34. The van der Waals surface area contributed by atoms with E-state index in [9.17, 15) is 10.1 Å². The van der Waals surface area contributed by atoms with E-state index in [4.69, 9.17) is 4.42 Å². The first-order chi connectivity index (χ1) is 9.72. The zero-order valence-corrected chi connectivity index (χ0v) is 11.2. The standard InChI is InChI=1S/C13H11N3O3S/c17-16(18)10-1-2-12-11(7-10)15-13(19-12)14-5-3-9-4-6-20-8-9/h1-2,4,6-8H,3,5H2,(H,14,15). The van der Waals surface area contributed by atoms with Gasteiger partial charge in [0.25, 0.3) is 11.7 Å². The van der Waals surface area contributed by atoms with Crippen LogP contribution in [0.4, 0.5) is 11.7 Å². The van der Waals surface area contributed by atoms with Crippen LogP contribution in [0, 0.1) is 10.1 Å². The van der Waals surface area contributed by atoms with Gasteiger partial charge in [-0.1, -0.05) is 0 Å². The third kappa shape index (κ3) is 2.62. The van der Waals surface area contributed by atoms with Crippen LogP contribution in [0.2, 0.25) is 0 Å². The molecule has 0 radical (unpaired) electrons. The van der Waals surface area contributed by atoms with Gasteiger partial charge in [0, 0.05) is 18.7 Å². The maximum absolute atomic E-state index is 10.7. The number of nitro benzene ring substituents is 1. The number of nitrogens with one attached hydrogen (secondary N) is 1. The van der Waals surface area contributed by atoms with Gasteiger partial charge in [-0.25, -0.2) is 0 Å². The molecule has 0 amide bonds. The number of rotatable bonds is 5. The highest BCUT2D eigenvalue weighted by Crippen LogP contribution is 2.23. The molecule has 1 N–H and O–H groups in total.